The van der Waals surface area contributed by atoms with E-state index in [0.29, 0.717) is 11.3 Å². The first-order valence-corrected chi connectivity index (χ1v) is 6.99. The molecule has 6 heteroatoms. The number of benzene rings is 1. The van der Waals surface area contributed by atoms with E-state index in [1.54, 1.807) is 31.3 Å². The fourth-order valence-electron chi connectivity index (χ4n) is 1.74. The summed E-state index contributed by atoms with van der Waals surface area (Å²) in [4.78, 5) is 27.7. The Labute approximate surface area is 121 Å². The van der Waals surface area contributed by atoms with E-state index in [1.807, 2.05) is 12.3 Å². The van der Waals surface area contributed by atoms with Crippen molar-refractivity contribution in [2.75, 3.05) is 12.4 Å². The van der Waals surface area contributed by atoms with E-state index in [-0.39, 0.29) is 18.2 Å². The van der Waals surface area contributed by atoms with Crippen LogP contribution in [-0.4, -0.2) is 23.8 Å². The molecule has 0 saturated carbocycles. The van der Waals surface area contributed by atoms with Gasteiger partial charge in [0.2, 0.25) is 5.91 Å². The summed E-state index contributed by atoms with van der Waals surface area (Å²) in [5.74, 6) is -0.333. The second kappa shape index (κ2) is 6.29. The van der Waals surface area contributed by atoms with Crippen molar-refractivity contribution in [3.05, 3.63) is 45.9 Å². The molecule has 0 aliphatic carbocycles. The molecule has 0 atom stereocenters. The SMILES string of the molecule is CNC(=O)c1cccc(NC(=O)Cc2csc(C)n2)c1. The molecule has 2 rings (SSSR count). The molecule has 0 bridgehead atoms. The van der Waals surface area contributed by atoms with E-state index >= 15 is 0 Å². The largest absolute Gasteiger partial charge is 0.355 e. The predicted octanol–water partition coefficient (Wildman–Crippen LogP) is 1.99. The number of amides is 2. The Morgan fingerprint density at radius 1 is 1.35 bits per heavy atom. The third-order valence-corrected chi connectivity index (χ3v) is 3.47. The van der Waals surface area contributed by atoms with Gasteiger partial charge in [-0.05, 0) is 25.1 Å². The van der Waals surface area contributed by atoms with Crippen LogP contribution in [-0.2, 0) is 11.2 Å². The van der Waals surface area contributed by atoms with E-state index in [0.717, 1.165) is 10.7 Å². The third-order valence-electron chi connectivity index (χ3n) is 2.64. The van der Waals surface area contributed by atoms with Crippen LogP contribution in [0.5, 0.6) is 0 Å². The number of aromatic nitrogens is 1. The van der Waals surface area contributed by atoms with Crippen LogP contribution < -0.4 is 10.6 Å². The Balaban J connectivity index is 2.02. The van der Waals surface area contributed by atoms with Gasteiger partial charge in [0, 0.05) is 23.7 Å². The molecule has 2 aromatic rings. The molecular formula is C14H15N3O2S. The number of rotatable bonds is 4. The zero-order valence-electron chi connectivity index (χ0n) is 11.3. The van der Waals surface area contributed by atoms with E-state index in [2.05, 4.69) is 15.6 Å². The average molecular weight is 289 g/mol. The highest BCUT2D eigenvalue weighted by molar-refractivity contribution is 7.09. The number of thiazole rings is 1. The highest BCUT2D eigenvalue weighted by atomic mass is 32.1. The maximum Gasteiger partial charge on any atom is 0.251 e. The lowest BCUT2D eigenvalue weighted by Crippen LogP contribution is -2.19. The van der Waals surface area contributed by atoms with E-state index in [9.17, 15) is 9.59 Å². The van der Waals surface area contributed by atoms with Gasteiger partial charge in [-0.25, -0.2) is 4.98 Å². The van der Waals surface area contributed by atoms with Gasteiger partial charge in [-0.15, -0.1) is 11.3 Å². The standard InChI is InChI=1S/C14H15N3O2S/c1-9-16-12(8-20-9)7-13(18)17-11-5-3-4-10(6-11)14(19)15-2/h3-6,8H,7H2,1-2H3,(H,15,19)(H,17,18). The average Bonchev–Trinajstić information content (AvgIpc) is 2.83. The zero-order valence-corrected chi connectivity index (χ0v) is 12.1. The van der Waals surface area contributed by atoms with Gasteiger partial charge >= 0.3 is 0 Å². The van der Waals surface area contributed by atoms with Crippen LogP contribution in [0.25, 0.3) is 0 Å². The van der Waals surface area contributed by atoms with Gasteiger partial charge in [-0.3, -0.25) is 9.59 Å². The first kappa shape index (κ1) is 14.2. The van der Waals surface area contributed by atoms with Crippen LogP contribution in [0.15, 0.2) is 29.6 Å². The minimum atomic E-state index is -0.184. The Hall–Kier alpha value is -2.21. The molecule has 2 amide bonds. The van der Waals surface area contributed by atoms with Crippen molar-refractivity contribution in [1.82, 2.24) is 10.3 Å². The number of anilines is 1. The van der Waals surface area contributed by atoms with Gasteiger partial charge in [0.15, 0.2) is 0 Å². The topological polar surface area (TPSA) is 71.1 Å². The van der Waals surface area contributed by atoms with Gasteiger partial charge in [0.1, 0.15) is 0 Å². The van der Waals surface area contributed by atoms with Crippen LogP contribution in [0.3, 0.4) is 0 Å². The number of nitrogens with zero attached hydrogens (tertiary/aromatic N) is 1. The number of carbonyl (C=O) groups excluding carboxylic acids is 2. The number of carbonyl (C=O) groups is 2. The van der Waals surface area contributed by atoms with Crippen molar-refractivity contribution < 1.29 is 9.59 Å². The molecule has 5 nitrogen and oxygen atoms in total. The number of hydrogen-bond acceptors (Lipinski definition) is 4. The predicted molar refractivity (Wildman–Crippen MR) is 79.0 cm³/mol. The van der Waals surface area contributed by atoms with Crippen LogP contribution in [0, 0.1) is 6.92 Å². The molecule has 104 valence electrons. The maximum atomic E-state index is 11.9. The van der Waals surface area contributed by atoms with Crippen LogP contribution in [0.2, 0.25) is 0 Å². The highest BCUT2D eigenvalue weighted by Gasteiger charge is 2.08. The zero-order chi connectivity index (χ0) is 14.5. The third kappa shape index (κ3) is 3.64. The molecule has 0 radical (unpaired) electrons. The normalized spacial score (nSPS) is 10.1. The van der Waals surface area contributed by atoms with Gasteiger partial charge in [-0.1, -0.05) is 6.07 Å². The fourth-order valence-corrected chi connectivity index (χ4v) is 2.35. The van der Waals surface area contributed by atoms with Crippen molar-refractivity contribution in [2.45, 2.75) is 13.3 Å². The molecule has 1 aromatic heterocycles. The Morgan fingerprint density at radius 3 is 2.80 bits per heavy atom. The Kier molecular flexibility index (Phi) is 4.47. The molecule has 1 aromatic carbocycles. The molecule has 0 aliphatic rings. The summed E-state index contributed by atoms with van der Waals surface area (Å²) in [7, 11) is 1.57. The van der Waals surface area contributed by atoms with E-state index in [4.69, 9.17) is 0 Å². The highest BCUT2D eigenvalue weighted by Crippen LogP contribution is 2.12. The lowest BCUT2D eigenvalue weighted by molar-refractivity contribution is -0.115. The van der Waals surface area contributed by atoms with Gasteiger partial charge in [-0.2, -0.15) is 0 Å². The summed E-state index contributed by atoms with van der Waals surface area (Å²) in [6, 6.07) is 6.81. The first-order chi connectivity index (χ1) is 9.58. The van der Waals surface area contributed by atoms with Crippen LogP contribution in [0.1, 0.15) is 21.1 Å². The monoisotopic (exact) mass is 289 g/mol. The molecule has 2 N–H and O–H groups in total. The first-order valence-electron chi connectivity index (χ1n) is 6.11. The molecule has 0 saturated heterocycles. The second-order valence-corrected chi connectivity index (χ2v) is 5.30. The Bertz CT molecular complexity index is 637. The van der Waals surface area contributed by atoms with Crippen LogP contribution >= 0.6 is 11.3 Å². The molecular weight excluding hydrogens is 274 g/mol. The minimum Gasteiger partial charge on any atom is -0.355 e. The molecule has 20 heavy (non-hydrogen) atoms. The van der Waals surface area contributed by atoms with Crippen molar-refractivity contribution in [3.63, 3.8) is 0 Å². The lowest BCUT2D eigenvalue weighted by Gasteiger charge is -2.06. The summed E-state index contributed by atoms with van der Waals surface area (Å²) in [5, 5.41) is 8.12. The smallest absolute Gasteiger partial charge is 0.251 e. The quantitative estimate of drug-likeness (QED) is 0.904. The summed E-state index contributed by atoms with van der Waals surface area (Å²) < 4.78 is 0. The fraction of sp³-hybridized carbons (Fsp3) is 0.214. The van der Waals surface area contributed by atoms with Crippen LogP contribution in [0.4, 0.5) is 5.69 Å². The Morgan fingerprint density at radius 2 is 2.15 bits per heavy atom. The van der Waals surface area contributed by atoms with Gasteiger partial charge in [0.25, 0.3) is 5.91 Å². The second-order valence-electron chi connectivity index (χ2n) is 4.24. The van der Waals surface area contributed by atoms with Crippen molar-refractivity contribution >= 4 is 28.8 Å². The van der Waals surface area contributed by atoms with E-state index < -0.39 is 0 Å². The molecule has 0 unspecified atom stereocenters. The molecule has 1 heterocycles. The summed E-state index contributed by atoms with van der Waals surface area (Å²) in [6.45, 7) is 1.90. The van der Waals surface area contributed by atoms with Gasteiger partial charge in [0.05, 0.1) is 17.1 Å². The minimum absolute atomic E-state index is 0.149. The maximum absolute atomic E-state index is 11.9. The summed E-state index contributed by atoms with van der Waals surface area (Å²) >= 11 is 1.52. The van der Waals surface area contributed by atoms with Crippen molar-refractivity contribution in [1.29, 1.82) is 0 Å². The van der Waals surface area contributed by atoms with Gasteiger partial charge < -0.3 is 10.6 Å². The van der Waals surface area contributed by atoms with Crippen molar-refractivity contribution in [3.8, 4) is 0 Å². The summed E-state index contributed by atoms with van der Waals surface area (Å²) in [5.41, 5.74) is 1.87. The number of hydrogen-bond donors (Lipinski definition) is 2. The lowest BCUT2D eigenvalue weighted by atomic mass is 10.2. The molecule has 0 fully saturated rings. The number of aryl methyl sites for hydroxylation is 1. The van der Waals surface area contributed by atoms with Crippen molar-refractivity contribution in [2.24, 2.45) is 0 Å². The summed E-state index contributed by atoms with van der Waals surface area (Å²) in [6.07, 6.45) is 0.231. The molecule has 0 aliphatic heterocycles. The molecule has 0 spiro atoms. The number of nitrogens with one attached hydrogen (secondary N) is 2. The van der Waals surface area contributed by atoms with E-state index in [1.165, 1.54) is 11.3 Å².